The number of hydrogen-bond acceptors (Lipinski definition) is 3. The zero-order valence-corrected chi connectivity index (χ0v) is 10.4. The summed E-state index contributed by atoms with van der Waals surface area (Å²) in [5, 5.41) is 5.38. The van der Waals surface area contributed by atoms with Crippen molar-refractivity contribution in [3.63, 3.8) is 0 Å². The monoisotopic (exact) mass is 250 g/mol. The van der Waals surface area contributed by atoms with E-state index in [1.165, 1.54) is 6.92 Å². The van der Waals surface area contributed by atoms with Gasteiger partial charge in [-0.15, -0.1) is 0 Å². The number of nitrogen functional groups attached to an aromatic ring is 1. The average molecular weight is 250 g/mol. The molecule has 0 atom stereocenters. The van der Waals surface area contributed by atoms with Gasteiger partial charge in [0.1, 0.15) is 5.69 Å². The van der Waals surface area contributed by atoms with E-state index in [1.54, 1.807) is 12.3 Å². The minimum Gasteiger partial charge on any atom is -0.397 e. The molecule has 18 heavy (non-hydrogen) atoms. The second-order valence-corrected chi connectivity index (χ2v) is 4.54. The fourth-order valence-electron chi connectivity index (χ4n) is 1.84. The summed E-state index contributed by atoms with van der Waals surface area (Å²) in [7, 11) is 0. The highest BCUT2D eigenvalue weighted by atomic mass is 16.2. The maximum atomic E-state index is 12.0. The van der Waals surface area contributed by atoms with Gasteiger partial charge in [0, 0.05) is 32.3 Å². The lowest BCUT2D eigenvalue weighted by molar-refractivity contribution is -0.118. The second-order valence-electron chi connectivity index (χ2n) is 4.54. The van der Waals surface area contributed by atoms with E-state index >= 15 is 0 Å². The van der Waals surface area contributed by atoms with Crippen molar-refractivity contribution >= 4 is 17.5 Å². The number of aromatic nitrogens is 1. The summed E-state index contributed by atoms with van der Waals surface area (Å²) in [6.07, 6.45) is 4.00. The summed E-state index contributed by atoms with van der Waals surface area (Å²) in [6.45, 7) is 2.29. The summed E-state index contributed by atoms with van der Waals surface area (Å²) in [4.78, 5) is 22.6. The highest BCUT2D eigenvalue weighted by molar-refractivity contribution is 5.93. The first-order valence-electron chi connectivity index (χ1n) is 6.08. The highest BCUT2D eigenvalue weighted by Gasteiger charge is 2.27. The second kappa shape index (κ2) is 5.12. The van der Waals surface area contributed by atoms with Gasteiger partial charge in [0.05, 0.1) is 5.69 Å². The highest BCUT2D eigenvalue weighted by Crippen LogP contribution is 2.37. The predicted octanol–water partition coefficient (Wildman–Crippen LogP) is 0.271. The van der Waals surface area contributed by atoms with Gasteiger partial charge in [-0.3, -0.25) is 9.59 Å². The first kappa shape index (κ1) is 12.5. The van der Waals surface area contributed by atoms with Crippen molar-refractivity contribution in [2.45, 2.75) is 25.8 Å². The van der Waals surface area contributed by atoms with Gasteiger partial charge in [-0.2, -0.15) is 0 Å². The average Bonchev–Trinajstić information content (AvgIpc) is 3.07. The molecule has 0 bridgehead atoms. The third kappa shape index (κ3) is 3.03. The molecule has 6 nitrogen and oxygen atoms in total. The van der Waals surface area contributed by atoms with E-state index in [0.29, 0.717) is 30.5 Å². The molecule has 2 amide bonds. The largest absolute Gasteiger partial charge is 0.397 e. The van der Waals surface area contributed by atoms with Gasteiger partial charge in [0.25, 0.3) is 5.91 Å². The van der Waals surface area contributed by atoms with Crippen LogP contribution in [0.5, 0.6) is 0 Å². The molecule has 1 aliphatic carbocycles. The van der Waals surface area contributed by atoms with Gasteiger partial charge in [0.2, 0.25) is 5.91 Å². The minimum atomic E-state index is -0.149. The number of carbonyl (C=O) groups is 2. The molecule has 4 N–H and O–H groups in total. The normalized spacial score (nSPS) is 14.3. The Balaban J connectivity index is 1.90. The van der Waals surface area contributed by atoms with Gasteiger partial charge in [-0.1, -0.05) is 0 Å². The number of anilines is 1. The molecule has 1 aromatic heterocycles. The Hall–Kier alpha value is -1.98. The van der Waals surface area contributed by atoms with Crippen LogP contribution >= 0.6 is 0 Å². The van der Waals surface area contributed by atoms with E-state index in [2.05, 4.69) is 10.6 Å². The van der Waals surface area contributed by atoms with Crippen LogP contribution < -0.4 is 16.4 Å². The van der Waals surface area contributed by atoms with Crippen molar-refractivity contribution in [2.24, 2.45) is 0 Å². The molecule has 1 heterocycles. The summed E-state index contributed by atoms with van der Waals surface area (Å²) in [6, 6.07) is 2.10. The van der Waals surface area contributed by atoms with E-state index in [4.69, 9.17) is 5.73 Å². The quantitative estimate of drug-likeness (QED) is 0.655. The zero-order chi connectivity index (χ0) is 13.1. The maximum Gasteiger partial charge on any atom is 0.268 e. The Bertz CT molecular complexity index is 463. The molecule has 98 valence electrons. The summed E-state index contributed by atoms with van der Waals surface area (Å²) in [5.41, 5.74) is 6.92. The fraction of sp³-hybridized carbons (Fsp3) is 0.500. The molecule has 0 unspecified atom stereocenters. The SMILES string of the molecule is CC(=O)NCCNC(=O)c1cc(N)cn1C1CC1. The van der Waals surface area contributed by atoms with Crippen LogP contribution in [0.15, 0.2) is 12.3 Å². The number of hydrogen-bond donors (Lipinski definition) is 3. The van der Waals surface area contributed by atoms with Crippen molar-refractivity contribution in [3.8, 4) is 0 Å². The van der Waals surface area contributed by atoms with Gasteiger partial charge in [0.15, 0.2) is 0 Å². The molecular formula is C12H18N4O2. The lowest BCUT2D eigenvalue weighted by Gasteiger charge is -2.08. The fourth-order valence-corrected chi connectivity index (χ4v) is 1.84. The molecule has 0 saturated heterocycles. The predicted molar refractivity (Wildman–Crippen MR) is 68.1 cm³/mol. The number of nitrogens with one attached hydrogen (secondary N) is 2. The molecule has 1 aromatic rings. The van der Waals surface area contributed by atoms with Gasteiger partial charge in [-0.05, 0) is 18.9 Å². The summed E-state index contributed by atoms with van der Waals surface area (Å²) in [5.74, 6) is -0.251. The number of nitrogens with zero attached hydrogens (tertiary/aromatic N) is 1. The lowest BCUT2D eigenvalue weighted by Crippen LogP contribution is -2.34. The van der Waals surface area contributed by atoms with Crippen LogP contribution in [-0.4, -0.2) is 29.5 Å². The molecule has 6 heteroatoms. The summed E-state index contributed by atoms with van der Waals surface area (Å²) < 4.78 is 1.93. The van der Waals surface area contributed by atoms with Crippen LogP contribution in [-0.2, 0) is 4.79 Å². The van der Waals surface area contributed by atoms with Crippen molar-refractivity contribution in [3.05, 3.63) is 18.0 Å². The Morgan fingerprint density at radius 2 is 2.06 bits per heavy atom. The van der Waals surface area contributed by atoms with Gasteiger partial charge in [-0.25, -0.2) is 0 Å². The van der Waals surface area contributed by atoms with E-state index in [1.807, 2.05) is 4.57 Å². The van der Waals surface area contributed by atoms with Gasteiger partial charge >= 0.3 is 0 Å². The van der Waals surface area contributed by atoms with Crippen LogP contribution in [0.3, 0.4) is 0 Å². The molecule has 0 aliphatic heterocycles. The molecule has 1 fully saturated rings. The Morgan fingerprint density at radius 3 is 2.67 bits per heavy atom. The molecule has 1 aliphatic rings. The number of carbonyl (C=O) groups excluding carboxylic acids is 2. The minimum absolute atomic E-state index is 0.102. The number of nitrogens with two attached hydrogens (primary N) is 1. The standard InChI is InChI=1S/C12H18N4O2/c1-8(17)14-4-5-15-12(18)11-6-9(13)7-16(11)10-2-3-10/h6-7,10H,2-5,13H2,1H3,(H,14,17)(H,15,18). The Morgan fingerprint density at radius 1 is 1.39 bits per heavy atom. The van der Waals surface area contributed by atoms with Crippen LogP contribution in [0.2, 0.25) is 0 Å². The van der Waals surface area contributed by atoms with E-state index < -0.39 is 0 Å². The van der Waals surface area contributed by atoms with E-state index in [-0.39, 0.29) is 11.8 Å². The molecular weight excluding hydrogens is 232 g/mol. The van der Waals surface area contributed by atoms with Crippen molar-refractivity contribution in [1.82, 2.24) is 15.2 Å². The molecule has 1 saturated carbocycles. The lowest BCUT2D eigenvalue weighted by atomic mass is 10.3. The van der Waals surface area contributed by atoms with Crippen molar-refractivity contribution in [1.29, 1.82) is 0 Å². The van der Waals surface area contributed by atoms with Gasteiger partial charge < -0.3 is 20.9 Å². The van der Waals surface area contributed by atoms with Crippen LogP contribution in [0, 0.1) is 0 Å². The van der Waals surface area contributed by atoms with Crippen LogP contribution in [0.4, 0.5) is 5.69 Å². The van der Waals surface area contributed by atoms with Crippen LogP contribution in [0.1, 0.15) is 36.3 Å². The van der Waals surface area contributed by atoms with Crippen molar-refractivity contribution < 1.29 is 9.59 Å². The molecule has 0 radical (unpaired) electrons. The smallest absolute Gasteiger partial charge is 0.268 e. The van der Waals surface area contributed by atoms with Crippen LogP contribution in [0.25, 0.3) is 0 Å². The third-order valence-electron chi connectivity index (χ3n) is 2.83. The zero-order valence-electron chi connectivity index (χ0n) is 10.4. The molecule has 0 spiro atoms. The van der Waals surface area contributed by atoms with E-state index in [9.17, 15) is 9.59 Å². The van der Waals surface area contributed by atoms with E-state index in [0.717, 1.165) is 12.8 Å². The van der Waals surface area contributed by atoms with Crippen molar-refractivity contribution in [2.75, 3.05) is 18.8 Å². The Kier molecular flexibility index (Phi) is 3.55. The first-order chi connectivity index (χ1) is 8.58. The Labute approximate surface area is 106 Å². The molecule has 0 aromatic carbocycles. The number of amides is 2. The summed E-state index contributed by atoms with van der Waals surface area (Å²) >= 11 is 0. The number of rotatable bonds is 5. The third-order valence-corrected chi connectivity index (χ3v) is 2.83. The molecule has 2 rings (SSSR count). The topological polar surface area (TPSA) is 89.2 Å². The maximum absolute atomic E-state index is 12.0. The first-order valence-corrected chi connectivity index (χ1v) is 6.08.